The minimum Gasteiger partial charge on any atom is -0.351 e. The van der Waals surface area contributed by atoms with Crippen molar-refractivity contribution in [2.24, 2.45) is 5.92 Å². The number of hydrogen-bond acceptors (Lipinski definition) is 3. The number of rotatable bonds is 6. The molecule has 172 valence electrons. The van der Waals surface area contributed by atoms with Crippen molar-refractivity contribution in [3.63, 3.8) is 0 Å². The number of likely N-dealkylation sites (tertiary alicyclic amines) is 1. The van der Waals surface area contributed by atoms with Crippen LogP contribution in [-0.4, -0.2) is 35.3 Å². The van der Waals surface area contributed by atoms with Crippen LogP contribution < -0.4 is 10.6 Å². The van der Waals surface area contributed by atoms with Crippen molar-refractivity contribution in [2.75, 3.05) is 18.4 Å². The molecule has 2 aromatic rings. The third-order valence-electron chi connectivity index (χ3n) is 5.44. The van der Waals surface area contributed by atoms with Crippen molar-refractivity contribution < 1.29 is 14.0 Å². The Hall–Kier alpha value is -2.44. The number of amides is 2. The summed E-state index contributed by atoms with van der Waals surface area (Å²) in [5.41, 5.74) is 2.19. The number of carbonyl (C=O) groups excluding carboxylic acids is 2. The van der Waals surface area contributed by atoms with Gasteiger partial charge in [-0.2, -0.15) is 0 Å². The number of carbonyl (C=O) groups is 2. The number of nitrogens with zero attached hydrogens (tertiary/aromatic N) is 1. The van der Waals surface area contributed by atoms with E-state index in [1.54, 1.807) is 0 Å². The third-order valence-corrected chi connectivity index (χ3v) is 5.79. The number of anilines is 1. The van der Waals surface area contributed by atoms with Gasteiger partial charge >= 0.3 is 0 Å². The summed E-state index contributed by atoms with van der Waals surface area (Å²) in [6.45, 7) is 8.49. The molecule has 0 bridgehead atoms. The predicted molar refractivity (Wildman–Crippen MR) is 126 cm³/mol. The number of benzene rings is 2. The minimum atomic E-state index is -0.425. The van der Waals surface area contributed by atoms with Gasteiger partial charge in [0.1, 0.15) is 5.82 Å². The van der Waals surface area contributed by atoms with Crippen LogP contribution in [0.25, 0.3) is 0 Å². The van der Waals surface area contributed by atoms with Gasteiger partial charge in [0.15, 0.2) is 0 Å². The van der Waals surface area contributed by atoms with Crippen LogP contribution in [0.5, 0.6) is 0 Å². The second kappa shape index (κ2) is 10.5. The van der Waals surface area contributed by atoms with Crippen molar-refractivity contribution in [1.29, 1.82) is 0 Å². The maximum Gasteiger partial charge on any atom is 0.228 e. The molecule has 2 aromatic carbocycles. The summed E-state index contributed by atoms with van der Waals surface area (Å²) in [5.74, 6) is -0.426. The lowest BCUT2D eigenvalue weighted by Crippen LogP contribution is -2.46. The van der Waals surface area contributed by atoms with E-state index in [0.29, 0.717) is 11.3 Å². The van der Waals surface area contributed by atoms with Crippen LogP contribution in [0.15, 0.2) is 42.5 Å². The van der Waals surface area contributed by atoms with Crippen LogP contribution in [0.3, 0.4) is 0 Å². The lowest BCUT2D eigenvalue weighted by atomic mass is 9.94. The van der Waals surface area contributed by atoms with E-state index in [4.69, 9.17) is 11.6 Å². The molecular formula is C25H31ClFN3O2. The van der Waals surface area contributed by atoms with Crippen LogP contribution in [0, 0.1) is 11.7 Å². The number of hydrogen-bond donors (Lipinski definition) is 2. The molecule has 0 spiro atoms. The Morgan fingerprint density at radius 2 is 1.84 bits per heavy atom. The lowest BCUT2D eigenvalue weighted by Gasteiger charge is -2.33. The molecule has 0 radical (unpaired) electrons. The molecule has 1 aliphatic heterocycles. The topological polar surface area (TPSA) is 61.4 Å². The van der Waals surface area contributed by atoms with Gasteiger partial charge in [0, 0.05) is 28.7 Å². The molecule has 0 aliphatic carbocycles. The largest absolute Gasteiger partial charge is 0.351 e. The van der Waals surface area contributed by atoms with Gasteiger partial charge in [0.2, 0.25) is 11.8 Å². The highest BCUT2D eigenvalue weighted by Gasteiger charge is 2.27. The molecule has 7 heteroatoms. The molecule has 2 amide bonds. The van der Waals surface area contributed by atoms with Crippen LogP contribution >= 0.6 is 11.6 Å². The number of halogens is 2. The fourth-order valence-corrected chi connectivity index (χ4v) is 4.11. The zero-order valence-electron chi connectivity index (χ0n) is 18.9. The van der Waals surface area contributed by atoms with Gasteiger partial charge in [-0.15, -0.1) is 0 Å². The summed E-state index contributed by atoms with van der Waals surface area (Å²) in [5, 5.41) is 6.21. The molecule has 5 nitrogen and oxygen atoms in total. The highest BCUT2D eigenvalue weighted by Crippen LogP contribution is 2.22. The van der Waals surface area contributed by atoms with E-state index in [1.807, 2.05) is 45.0 Å². The monoisotopic (exact) mass is 459 g/mol. The lowest BCUT2D eigenvalue weighted by molar-refractivity contribution is -0.128. The predicted octanol–water partition coefficient (Wildman–Crippen LogP) is 4.79. The zero-order chi connectivity index (χ0) is 23.3. The Labute approximate surface area is 194 Å². The molecule has 0 atom stereocenters. The summed E-state index contributed by atoms with van der Waals surface area (Å²) in [6.07, 6.45) is 1.76. The molecule has 1 saturated heterocycles. The maximum absolute atomic E-state index is 13.2. The molecule has 1 heterocycles. The van der Waals surface area contributed by atoms with E-state index in [-0.39, 0.29) is 34.7 Å². The Morgan fingerprint density at radius 1 is 1.12 bits per heavy atom. The van der Waals surface area contributed by atoms with Crippen LogP contribution in [0.2, 0.25) is 5.02 Å². The van der Waals surface area contributed by atoms with Crippen molar-refractivity contribution in [3.05, 3.63) is 64.4 Å². The Morgan fingerprint density at radius 3 is 2.50 bits per heavy atom. The fraction of sp³-hybridized carbons (Fsp3) is 0.440. The first-order valence-electron chi connectivity index (χ1n) is 11.0. The van der Waals surface area contributed by atoms with Gasteiger partial charge in [-0.3, -0.25) is 14.5 Å². The molecule has 3 rings (SSSR count). The quantitative estimate of drug-likeness (QED) is 0.653. The maximum atomic E-state index is 13.2. The van der Waals surface area contributed by atoms with Gasteiger partial charge in [-0.25, -0.2) is 4.39 Å². The first kappa shape index (κ1) is 24.2. The second-order valence-electron chi connectivity index (χ2n) is 9.45. The van der Waals surface area contributed by atoms with Crippen molar-refractivity contribution in [3.8, 4) is 0 Å². The van der Waals surface area contributed by atoms with E-state index < -0.39 is 5.82 Å². The fourth-order valence-electron chi connectivity index (χ4n) is 3.87. The molecule has 0 unspecified atom stereocenters. The van der Waals surface area contributed by atoms with E-state index in [1.165, 1.54) is 18.2 Å². The van der Waals surface area contributed by atoms with E-state index in [0.717, 1.165) is 38.0 Å². The van der Waals surface area contributed by atoms with Crippen LogP contribution in [-0.2, 0) is 22.6 Å². The Kier molecular flexibility index (Phi) is 7.91. The Balaban J connectivity index is 1.51. The zero-order valence-corrected chi connectivity index (χ0v) is 19.6. The average molecular weight is 460 g/mol. The summed E-state index contributed by atoms with van der Waals surface area (Å²) >= 11 is 6.02. The van der Waals surface area contributed by atoms with E-state index >= 15 is 0 Å². The summed E-state index contributed by atoms with van der Waals surface area (Å²) in [4.78, 5) is 27.1. The summed E-state index contributed by atoms with van der Waals surface area (Å²) in [6, 6.07) is 11.8. The smallest absolute Gasteiger partial charge is 0.228 e. The molecule has 1 aliphatic rings. The third kappa shape index (κ3) is 7.31. The van der Waals surface area contributed by atoms with Crippen molar-refractivity contribution in [1.82, 2.24) is 10.2 Å². The first-order valence-corrected chi connectivity index (χ1v) is 11.3. The highest BCUT2D eigenvalue weighted by molar-refractivity contribution is 6.31. The van der Waals surface area contributed by atoms with E-state index in [9.17, 15) is 14.0 Å². The van der Waals surface area contributed by atoms with Gasteiger partial charge in [-0.05, 0) is 82.1 Å². The molecule has 0 aromatic heterocycles. The molecular weight excluding hydrogens is 429 g/mol. The van der Waals surface area contributed by atoms with Crippen LogP contribution in [0.1, 0.15) is 44.7 Å². The SMILES string of the molecule is CC(C)(C)NC(=O)C1CCN(Cc2cccc(NC(=O)Cc3ccc(F)cc3Cl)c2)CC1. The first-order chi connectivity index (χ1) is 15.1. The van der Waals surface area contributed by atoms with Crippen LogP contribution in [0.4, 0.5) is 10.1 Å². The molecule has 1 fully saturated rings. The van der Waals surface area contributed by atoms with Gasteiger partial charge in [-0.1, -0.05) is 29.8 Å². The highest BCUT2D eigenvalue weighted by atomic mass is 35.5. The molecule has 2 N–H and O–H groups in total. The Bertz CT molecular complexity index is 966. The summed E-state index contributed by atoms with van der Waals surface area (Å²) in [7, 11) is 0. The minimum absolute atomic E-state index is 0.0642. The van der Waals surface area contributed by atoms with Gasteiger partial charge in [0.05, 0.1) is 6.42 Å². The van der Waals surface area contributed by atoms with Crippen molar-refractivity contribution in [2.45, 2.75) is 52.1 Å². The molecule has 0 saturated carbocycles. The van der Waals surface area contributed by atoms with Crippen molar-refractivity contribution >= 4 is 29.1 Å². The summed E-state index contributed by atoms with van der Waals surface area (Å²) < 4.78 is 13.2. The van der Waals surface area contributed by atoms with Gasteiger partial charge in [0.25, 0.3) is 0 Å². The second-order valence-corrected chi connectivity index (χ2v) is 9.86. The molecule has 32 heavy (non-hydrogen) atoms. The number of nitrogens with one attached hydrogen (secondary N) is 2. The van der Waals surface area contributed by atoms with Gasteiger partial charge < -0.3 is 10.6 Å². The standard InChI is InChI=1S/C25H31ClFN3O2/c1-25(2,3)29-24(32)18-9-11-30(12-10-18)16-17-5-4-6-21(13-17)28-23(31)14-19-7-8-20(27)15-22(19)26/h4-8,13,15,18H,9-12,14,16H2,1-3H3,(H,28,31)(H,29,32). The number of piperidine rings is 1. The normalized spacial score (nSPS) is 15.4. The van der Waals surface area contributed by atoms with E-state index in [2.05, 4.69) is 15.5 Å². The average Bonchev–Trinajstić information content (AvgIpc) is 2.69.